The zero-order valence-corrected chi connectivity index (χ0v) is 18.4. The first-order chi connectivity index (χ1) is 14.5. The van der Waals surface area contributed by atoms with Crippen LogP contribution in [0.2, 0.25) is 0 Å². The molecule has 0 spiro atoms. The van der Waals surface area contributed by atoms with Gasteiger partial charge in [0, 0.05) is 18.7 Å². The molecular formula is C22H24F3N3O2S. The normalized spacial score (nSPS) is 23.6. The number of carbonyl (C=O) groups is 2. The minimum Gasteiger partial charge on any atom is -0.336 e. The van der Waals surface area contributed by atoms with Gasteiger partial charge < -0.3 is 10.2 Å². The van der Waals surface area contributed by atoms with Crippen LogP contribution in [0.5, 0.6) is 0 Å². The van der Waals surface area contributed by atoms with E-state index < -0.39 is 34.4 Å². The van der Waals surface area contributed by atoms with Crippen LogP contribution in [0.15, 0.2) is 35.5 Å². The molecule has 0 bridgehead atoms. The lowest BCUT2D eigenvalue weighted by Gasteiger charge is -2.35. The molecular weight excluding hydrogens is 427 g/mol. The first-order valence-corrected chi connectivity index (χ1v) is 11.1. The number of thiazole rings is 1. The Morgan fingerprint density at radius 2 is 1.90 bits per heavy atom. The van der Waals surface area contributed by atoms with E-state index in [2.05, 4.69) is 10.3 Å². The number of alkyl halides is 3. The van der Waals surface area contributed by atoms with Gasteiger partial charge in [-0.05, 0) is 30.4 Å². The van der Waals surface area contributed by atoms with Crippen LogP contribution in [0.25, 0.3) is 10.2 Å². The molecule has 0 saturated carbocycles. The van der Waals surface area contributed by atoms with Crippen molar-refractivity contribution in [2.75, 3.05) is 11.9 Å². The van der Waals surface area contributed by atoms with Crippen molar-refractivity contribution in [3.63, 3.8) is 0 Å². The minimum atomic E-state index is -5.01. The summed E-state index contributed by atoms with van der Waals surface area (Å²) >= 11 is 1.03. The zero-order valence-electron chi connectivity index (χ0n) is 17.6. The highest BCUT2D eigenvalue weighted by Gasteiger charge is 2.71. The van der Waals surface area contributed by atoms with Gasteiger partial charge in [-0.1, -0.05) is 50.7 Å². The first-order valence-electron chi connectivity index (χ1n) is 10.3. The van der Waals surface area contributed by atoms with Gasteiger partial charge in [0.2, 0.25) is 5.54 Å². The number of amides is 1. The number of nitrogens with one attached hydrogen (secondary N) is 1. The van der Waals surface area contributed by atoms with Gasteiger partial charge >= 0.3 is 6.18 Å². The number of allylic oxidation sites excluding steroid dienone is 1. The summed E-state index contributed by atoms with van der Waals surface area (Å²) in [4.78, 5) is 32.0. The van der Waals surface area contributed by atoms with Crippen LogP contribution >= 0.6 is 11.3 Å². The summed E-state index contributed by atoms with van der Waals surface area (Å²) in [5.41, 5.74) is -3.35. The third-order valence-corrected chi connectivity index (χ3v) is 6.82. The minimum absolute atomic E-state index is 0.0336. The molecule has 2 aliphatic rings. The molecule has 0 radical (unpaired) electrons. The van der Waals surface area contributed by atoms with Crippen molar-refractivity contribution < 1.29 is 22.8 Å². The predicted octanol–water partition coefficient (Wildman–Crippen LogP) is 5.29. The molecule has 1 aliphatic carbocycles. The topological polar surface area (TPSA) is 62.3 Å². The van der Waals surface area contributed by atoms with Crippen molar-refractivity contribution in [2.24, 2.45) is 5.41 Å². The Kier molecular flexibility index (Phi) is 5.15. The molecule has 0 unspecified atom stereocenters. The average Bonchev–Trinajstić information content (AvgIpc) is 3.16. The van der Waals surface area contributed by atoms with Gasteiger partial charge in [-0.15, -0.1) is 0 Å². The summed E-state index contributed by atoms with van der Waals surface area (Å²) in [6, 6.07) is 6.96. The van der Waals surface area contributed by atoms with E-state index in [4.69, 9.17) is 0 Å². The summed E-state index contributed by atoms with van der Waals surface area (Å²) in [7, 11) is 0. The van der Waals surface area contributed by atoms with Crippen LogP contribution in [0, 0.1) is 5.41 Å². The number of anilines is 1. The SMILES string of the molecule is CCCCN1C(=O)[C@@](Nc2nc3ccccc3s2)(C(F)(F)F)C2=C1CC(C)(C)CC2=O. The molecule has 2 heterocycles. The fourth-order valence-corrected chi connectivity index (χ4v) is 5.39. The van der Waals surface area contributed by atoms with E-state index in [0.29, 0.717) is 23.1 Å². The summed E-state index contributed by atoms with van der Waals surface area (Å²) in [6.07, 6.45) is -3.55. The van der Waals surface area contributed by atoms with Gasteiger partial charge in [0.25, 0.3) is 5.91 Å². The fourth-order valence-electron chi connectivity index (χ4n) is 4.46. The molecule has 31 heavy (non-hydrogen) atoms. The second-order valence-electron chi connectivity index (χ2n) is 8.93. The van der Waals surface area contributed by atoms with Crippen LogP contribution in [0.3, 0.4) is 0 Å². The second-order valence-corrected chi connectivity index (χ2v) is 9.96. The van der Waals surface area contributed by atoms with Gasteiger partial charge in [-0.2, -0.15) is 13.2 Å². The molecule has 1 N–H and O–H groups in total. The van der Waals surface area contributed by atoms with Crippen LogP contribution < -0.4 is 5.32 Å². The number of benzene rings is 1. The Hall–Kier alpha value is -2.42. The summed E-state index contributed by atoms with van der Waals surface area (Å²) in [6.45, 7) is 5.73. The van der Waals surface area contributed by atoms with Crippen molar-refractivity contribution in [1.29, 1.82) is 0 Å². The number of fused-ring (bicyclic) bond motifs is 1. The standard InChI is InChI=1S/C22H24F3N3O2S/c1-4-5-10-28-14-11-20(2,3)12-15(29)17(14)21(18(28)30,22(23,24)25)27-19-26-13-8-6-7-9-16(13)31-19/h6-9H,4-5,10-12H2,1-3H3,(H,26,27)/t21-/m1/s1. The molecule has 166 valence electrons. The van der Waals surface area contributed by atoms with Gasteiger partial charge in [-0.25, -0.2) is 4.98 Å². The molecule has 1 aromatic heterocycles. The van der Waals surface area contributed by atoms with Crippen molar-refractivity contribution in [2.45, 2.75) is 58.2 Å². The van der Waals surface area contributed by atoms with Crippen LogP contribution in [0.1, 0.15) is 46.5 Å². The molecule has 0 fully saturated rings. The van der Waals surface area contributed by atoms with Gasteiger partial charge in [0.1, 0.15) is 0 Å². The smallest absolute Gasteiger partial charge is 0.336 e. The summed E-state index contributed by atoms with van der Waals surface area (Å²) < 4.78 is 44.9. The lowest BCUT2D eigenvalue weighted by Crippen LogP contribution is -2.61. The fraction of sp³-hybridized carbons (Fsp3) is 0.500. The molecule has 1 amide bonds. The lowest BCUT2D eigenvalue weighted by molar-refractivity contribution is -0.180. The number of rotatable bonds is 5. The Morgan fingerprint density at radius 3 is 2.55 bits per heavy atom. The van der Waals surface area contributed by atoms with Crippen LogP contribution in [0.4, 0.5) is 18.3 Å². The summed E-state index contributed by atoms with van der Waals surface area (Å²) in [5.74, 6) is -1.77. The number of nitrogens with zero attached hydrogens (tertiary/aromatic N) is 2. The molecule has 4 rings (SSSR count). The maximum atomic E-state index is 14.7. The van der Waals surface area contributed by atoms with E-state index in [9.17, 15) is 22.8 Å². The number of carbonyl (C=O) groups excluding carboxylic acids is 2. The van der Waals surface area contributed by atoms with E-state index in [1.807, 2.05) is 20.8 Å². The Bertz CT molecular complexity index is 1060. The third kappa shape index (κ3) is 3.43. The second kappa shape index (κ2) is 7.32. The van der Waals surface area contributed by atoms with Crippen molar-refractivity contribution in [1.82, 2.24) is 9.88 Å². The van der Waals surface area contributed by atoms with E-state index >= 15 is 0 Å². The Balaban J connectivity index is 1.90. The number of Topliss-reactive ketones (excluding diaryl/α,β-unsaturated/α-hetero) is 1. The predicted molar refractivity (Wildman–Crippen MR) is 114 cm³/mol. The lowest BCUT2D eigenvalue weighted by atomic mass is 9.72. The van der Waals surface area contributed by atoms with Crippen LogP contribution in [-0.4, -0.2) is 39.8 Å². The third-order valence-electron chi connectivity index (χ3n) is 5.87. The quantitative estimate of drug-likeness (QED) is 0.671. The molecule has 1 aromatic carbocycles. The highest BCUT2D eigenvalue weighted by Crippen LogP contribution is 2.53. The van der Waals surface area contributed by atoms with Crippen molar-refractivity contribution >= 4 is 38.4 Å². The van der Waals surface area contributed by atoms with E-state index in [1.165, 1.54) is 4.90 Å². The molecule has 5 nitrogen and oxygen atoms in total. The maximum Gasteiger partial charge on any atom is 0.425 e. The number of hydrogen-bond acceptors (Lipinski definition) is 5. The maximum absolute atomic E-state index is 14.7. The molecule has 1 aliphatic heterocycles. The number of para-hydroxylation sites is 1. The number of halogens is 3. The monoisotopic (exact) mass is 451 g/mol. The first kappa shape index (κ1) is 21.8. The zero-order chi connectivity index (χ0) is 22.6. The van der Waals surface area contributed by atoms with Gasteiger partial charge in [0.05, 0.1) is 15.8 Å². The van der Waals surface area contributed by atoms with E-state index in [-0.39, 0.29) is 30.2 Å². The van der Waals surface area contributed by atoms with Crippen molar-refractivity contribution in [3.8, 4) is 0 Å². The largest absolute Gasteiger partial charge is 0.425 e. The number of hydrogen-bond donors (Lipinski definition) is 1. The van der Waals surface area contributed by atoms with E-state index in [0.717, 1.165) is 11.3 Å². The van der Waals surface area contributed by atoms with Gasteiger partial charge in [-0.3, -0.25) is 9.59 Å². The number of aromatic nitrogens is 1. The average molecular weight is 452 g/mol. The Morgan fingerprint density at radius 1 is 1.19 bits per heavy atom. The molecule has 0 saturated heterocycles. The van der Waals surface area contributed by atoms with Crippen molar-refractivity contribution in [3.05, 3.63) is 35.5 Å². The molecule has 9 heteroatoms. The van der Waals surface area contributed by atoms with E-state index in [1.54, 1.807) is 24.3 Å². The highest BCUT2D eigenvalue weighted by molar-refractivity contribution is 7.22. The van der Waals surface area contributed by atoms with Crippen LogP contribution in [-0.2, 0) is 9.59 Å². The number of unbranched alkanes of at least 4 members (excludes halogenated alkanes) is 1. The van der Waals surface area contributed by atoms with Gasteiger partial charge in [0.15, 0.2) is 10.9 Å². The molecule has 1 atom stereocenters. The molecule has 2 aromatic rings. The summed E-state index contributed by atoms with van der Waals surface area (Å²) in [5, 5.41) is 2.38. The number of ketones is 1. The Labute approximate surface area is 182 Å². The highest BCUT2D eigenvalue weighted by atomic mass is 32.1.